The van der Waals surface area contributed by atoms with Crippen molar-refractivity contribution in [1.29, 1.82) is 0 Å². The second-order valence-corrected chi connectivity index (χ2v) is 5.14. The van der Waals surface area contributed by atoms with Crippen LogP contribution in [0, 0.1) is 0 Å². The topological polar surface area (TPSA) is 116 Å². The van der Waals surface area contributed by atoms with Gasteiger partial charge in [-0.2, -0.15) is 0 Å². The second-order valence-electron chi connectivity index (χ2n) is 5.14. The molecular weight excluding hydrogens is 302 g/mol. The third kappa shape index (κ3) is 3.85. The maximum absolute atomic E-state index is 12.2. The molecule has 8 heteroatoms. The van der Waals surface area contributed by atoms with Gasteiger partial charge >= 0.3 is 5.97 Å². The Hall–Kier alpha value is -2.90. The molecule has 1 heterocycles. The van der Waals surface area contributed by atoms with Gasteiger partial charge in [0.1, 0.15) is 5.92 Å². The molecule has 1 aromatic rings. The molecule has 0 saturated carbocycles. The summed E-state index contributed by atoms with van der Waals surface area (Å²) in [6.07, 6.45) is 0. The number of fused-ring (bicyclic) bond motifs is 1. The third-order valence-electron chi connectivity index (χ3n) is 3.50. The highest BCUT2D eigenvalue weighted by Gasteiger charge is 2.36. The Morgan fingerprint density at radius 3 is 2.52 bits per heavy atom. The van der Waals surface area contributed by atoms with E-state index in [-0.39, 0.29) is 25.5 Å². The van der Waals surface area contributed by atoms with E-state index in [0.717, 1.165) is 0 Å². The van der Waals surface area contributed by atoms with Crippen molar-refractivity contribution in [3.05, 3.63) is 29.8 Å². The molecule has 0 aromatic heterocycles. The smallest absolute Gasteiger partial charge is 0.312 e. The van der Waals surface area contributed by atoms with Crippen molar-refractivity contribution < 1.29 is 24.3 Å². The Morgan fingerprint density at radius 1 is 1.17 bits per heavy atom. The maximum atomic E-state index is 12.2. The van der Waals surface area contributed by atoms with Gasteiger partial charge in [0.2, 0.25) is 17.7 Å². The highest BCUT2D eigenvalue weighted by molar-refractivity contribution is 6.01. The number of carbonyl (C=O) groups excluding carboxylic acids is 3. The third-order valence-corrected chi connectivity index (χ3v) is 3.50. The van der Waals surface area contributed by atoms with Crippen LogP contribution in [0.1, 0.15) is 18.4 Å². The number of nitrogens with zero attached hydrogens (tertiary/aromatic N) is 1. The zero-order valence-electron chi connectivity index (χ0n) is 12.5. The van der Waals surface area contributed by atoms with Gasteiger partial charge in [-0.3, -0.25) is 19.2 Å². The number of para-hydroxylation sites is 1. The minimum atomic E-state index is -0.998. The highest BCUT2D eigenvalue weighted by atomic mass is 16.4. The summed E-state index contributed by atoms with van der Waals surface area (Å²) in [6.45, 7) is 0.844. The monoisotopic (exact) mass is 319 g/mol. The summed E-state index contributed by atoms with van der Waals surface area (Å²) < 4.78 is 0. The zero-order valence-corrected chi connectivity index (χ0v) is 12.5. The van der Waals surface area contributed by atoms with Gasteiger partial charge < -0.3 is 20.6 Å². The van der Waals surface area contributed by atoms with E-state index in [1.54, 1.807) is 24.3 Å². The van der Waals surface area contributed by atoms with E-state index in [9.17, 15) is 24.3 Å². The molecule has 0 fully saturated rings. The predicted octanol–water partition coefficient (Wildman–Crippen LogP) is -0.546. The van der Waals surface area contributed by atoms with Crippen molar-refractivity contribution >= 4 is 29.4 Å². The number of carboxylic acid groups (broad SMARTS) is 1. The normalized spacial score (nSPS) is 15.7. The Balaban J connectivity index is 1.99. The van der Waals surface area contributed by atoms with Crippen molar-refractivity contribution in [1.82, 2.24) is 10.6 Å². The Bertz CT molecular complexity index is 658. The molecule has 0 aliphatic carbocycles. The van der Waals surface area contributed by atoms with Crippen LogP contribution in [-0.2, 0) is 19.2 Å². The molecule has 0 saturated heterocycles. The van der Waals surface area contributed by atoms with Crippen molar-refractivity contribution in [2.75, 3.05) is 24.5 Å². The lowest BCUT2D eigenvalue weighted by atomic mass is 10.0. The van der Waals surface area contributed by atoms with Gasteiger partial charge in [-0.15, -0.1) is 0 Å². The molecule has 0 spiro atoms. The molecule has 1 atom stereocenters. The summed E-state index contributed by atoms with van der Waals surface area (Å²) in [5, 5.41) is 14.0. The number of nitrogens with one attached hydrogen (secondary N) is 2. The van der Waals surface area contributed by atoms with Crippen LogP contribution in [-0.4, -0.2) is 48.4 Å². The van der Waals surface area contributed by atoms with Gasteiger partial charge in [-0.1, -0.05) is 18.2 Å². The first-order chi connectivity index (χ1) is 10.9. The SMILES string of the molecule is CC(=O)NCC(=O)NCC(=O)N1CC(C(=O)O)c2ccccc21. The van der Waals surface area contributed by atoms with Crippen molar-refractivity contribution in [2.45, 2.75) is 12.8 Å². The molecule has 23 heavy (non-hydrogen) atoms. The Kier molecular flexibility index (Phi) is 4.95. The minimum absolute atomic E-state index is 0.0368. The average molecular weight is 319 g/mol. The van der Waals surface area contributed by atoms with E-state index < -0.39 is 23.7 Å². The fourth-order valence-corrected chi connectivity index (χ4v) is 2.39. The average Bonchev–Trinajstić information content (AvgIpc) is 2.90. The molecule has 3 N–H and O–H groups in total. The summed E-state index contributed by atoms with van der Waals surface area (Å²) in [5.74, 6) is -3.01. The van der Waals surface area contributed by atoms with E-state index in [1.807, 2.05) is 0 Å². The van der Waals surface area contributed by atoms with E-state index in [0.29, 0.717) is 11.3 Å². The van der Waals surface area contributed by atoms with Gasteiger partial charge in [0, 0.05) is 19.2 Å². The van der Waals surface area contributed by atoms with Crippen LogP contribution in [0.15, 0.2) is 24.3 Å². The summed E-state index contributed by atoms with van der Waals surface area (Å²) >= 11 is 0. The molecule has 0 radical (unpaired) electrons. The van der Waals surface area contributed by atoms with Crippen molar-refractivity contribution in [2.24, 2.45) is 0 Å². The molecular formula is C15H17N3O5. The van der Waals surface area contributed by atoms with Crippen LogP contribution in [0.5, 0.6) is 0 Å². The number of aliphatic carboxylic acids is 1. The summed E-state index contributed by atoms with van der Waals surface area (Å²) in [6, 6.07) is 6.79. The van der Waals surface area contributed by atoms with Gasteiger partial charge in [0.05, 0.1) is 13.1 Å². The highest BCUT2D eigenvalue weighted by Crippen LogP contribution is 2.36. The van der Waals surface area contributed by atoms with Crippen LogP contribution in [0.2, 0.25) is 0 Å². The number of anilines is 1. The number of benzene rings is 1. The lowest BCUT2D eigenvalue weighted by Gasteiger charge is -2.17. The molecule has 0 bridgehead atoms. The molecule has 1 aromatic carbocycles. The summed E-state index contributed by atoms with van der Waals surface area (Å²) in [4.78, 5) is 47.1. The molecule has 1 aliphatic heterocycles. The van der Waals surface area contributed by atoms with Gasteiger partial charge in [-0.05, 0) is 11.6 Å². The fraction of sp³-hybridized carbons (Fsp3) is 0.333. The standard InChI is InChI=1S/C15H17N3O5/c1-9(19)16-6-13(20)17-7-14(21)18-8-11(15(22)23)10-4-2-3-5-12(10)18/h2-5,11H,6-8H2,1H3,(H,16,19)(H,17,20)(H,22,23). The number of hydrogen-bond donors (Lipinski definition) is 3. The van der Waals surface area contributed by atoms with Crippen LogP contribution >= 0.6 is 0 Å². The van der Waals surface area contributed by atoms with Crippen molar-refractivity contribution in [3.8, 4) is 0 Å². The van der Waals surface area contributed by atoms with Gasteiger partial charge in [0.15, 0.2) is 0 Å². The van der Waals surface area contributed by atoms with E-state index in [2.05, 4.69) is 10.6 Å². The lowest BCUT2D eigenvalue weighted by molar-refractivity contribution is -0.138. The van der Waals surface area contributed by atoms with Crippen LogP contribution in [0.3, 0.4) is 0 Å². The lowest BCUT2D eigenvalue weighted by Crippen LogP contribution is -2.43. The van der Waals surface area contributed by atoms with E-state index >= 15 is 0 Å². The number of amides is 3. The molecule has 8 nitrogen and oxygen atoms in total. The molecule has 3 amide bonds. The first-order valence-electron chi connectivity index (χ1n) is 7.03. The number of hydrogen-bond acceptors (Lipinski definition) is 4. The zero-order chi connectivity index (χ0) is 17.0. The van der Waals surface area contributed by atoms with E-state index in [4.69, 9.17) is 0 Å². The first kappa shape index (κ1) is 16.5. The van der Waals surface area contributed by atoms with Crippen LogP contribution in [0.25, 0.3) is 0 Å². The summed E-state index contributed by atoms with van der Waals surface area (Å²) in [7, 11) is 0. The fourth-order valence-electron chi connectivity index (χ4n) is 2.39. The van der Waals surface area contributed by atoms with Crippen LogP contribution < -0.4 is 15.5 Å². The number of rotatable bonds is 5. The predicted molar refractivity (Wildman–Crippen MR) is 80.9 cm³/mol. The molecule has 1 aliphatic rings. The molecule has 122 valence electrons. The Morgan fingerprint density at radius 2 is 1.87 bits per heavy atom. The second kappa shape index (κ2) is 6.91. The van der Waals surface area contributed by atoms with Gasteiger partial charge in [0.25, 0.3) is 0 Å². The summed E-state index contributed by atoms with van der Waals surface area (Å²) in [5.41, 5.74) is 1.12. The van der Waals surface area contributed by atoms with Crippen molar-refractivity contribution in [3.63, 3.8) is 0 Å². The first-order valence-corrected chi connectivity index (χ1v) is 7.03. The number of carboxylic acids is 1. The molecule has 1 unspecified atom stereocenters. The van der Waals surface area contributed by atoms with Crippen LogP contribution in [0.4, 0.5) is 5.69 Å². The quantitative estimate of drug-likeness (QED) is 0.674. The Labute approximate surface area is 132 Å². The van der Waals surface area contributed by atoms with E-state index in [1.165, 1.54) is 11.8 Å². The minimum Gasteiger partial charge on any atom is -0.481 e. The maximum Gasteiger partial charge on any atom is 0.312 e. The van der Waals surface area contributed by atoms with Gasteiger partial charge in [-0.25, -0.2) is 0 Å². The largest absolute Gasteiger partial charge is 0.481 e. The molecule has 2 rings (SSSR count). The number of carbonyl (C=O) groups is 4.